The van der Waals surface area contributed by atoms with Crippen molar-refractivity contribution in [1.29, 1.82) is 0 Å². The molecule has 2 heterocycles. The van der Waals surface area contributed by atoms with Crippen LogP contribution in [0.15, 0.2) is 72.9 Å². The van der Waals surface area contributed by atoms with Gasteiger partial charge in [0.1, 0.15) is 5.82 Å². The minimum absolute atomic E-state index is 0.0453. The average Bonchev–Trinajstić information content (AvgIpc) is 2.85. The summed E-state index contributed by atoms with van der Waals surface area (Å²) in [5.41, 5.74) is 3.25. The molecule has 0 aliphatic carbocycles. The molecule has 32 heavy (non-hydrogen) atoms. The number of hydrogen-bond donors (Lipinski definition) is 1. The molecule has 1 fully saturated rings. The second-order valence-electron chi connectivity index (χ2n) is 8.04. The van der Waals surface area contributed by atoms with E-state index in [0.717, 1.165) is 56.8 Å². The molecule has 1 aromatic heterocycles. The quantitative estimate of drug-likeness (QED) is 0.542. The van der Waals surface area contributed by atoms with Crippen LogP contribution in [0, 0.1) is 5.82 Å². The van der Waals surface area contributed by atoms with Gasteiger partial charge in [0.15, 0.2) is 0 Å². The van der Waals surface area contributed by atoms with Crippen LogP contribution in [-0.2, 0) is 0 Å². The molecule has 1 aliphatic rings. The van der Waals surface area contributed by atoms with Gasteiger partial charge in [-0.2, -0.15) is 0 Å². The molecule has 0 bridgehead atoms. The molecule has 0 radical (unpaired) electrons. The molecular weight excluding hydrogens is 403 g/mol. The Morgan fingerprint density at radius 2 is 1.66 bits per heavy atom. The Kier molecular flexibility index (Phi) is 7.46. The van der Waals surface area contributed by atoms with E-state index in [1.165, 1.54) is 6.07 Å². The molecule has 1 saturated heterocycles. The lowest BCUT2D eigenvalue weighted by Gasteiger charge is -2.36. The van der Waals surface area contributed by atoms with E-state index in [9.17, 15) is 9.18 Å². The predicted molar refractivity (Wildman–Crippen MR) is 126 cm³/mol. The fourth-order valence-electron chi connectivity index (χ4n) is 4.01. The molecule has 6 heteroatoms. The van der Waals surface area contributed by atoms with E-state index in [1.54, 1.807) is 12.3 Å². The third-order valence-corrected chi connectivity index (χ3v) is 5.86. The third kappa shape index (κ3) is 5.71. The Morgan fingerprint density at radius 3 is 2.38 bits per heavy atom. The maximum Gasteiger partial charge on any atom is 0.251 e. The Balaban J connectivity index is 1.13. The standard InChI is InChI=1S/C26H29FN4O/c27-23-7-1-2-9-25(23)31-19-17-30(18-20-31)16-6-5-15-29-26(32)22-12-10-21(11-13-22)24-8-3-4-14-28-24/h1-4,7-14H,5-6,15-20H2,(H,29,32). The van der Waals surface area contributed by atoms with Gasteiger partial charge in [-0.3, -0.25) is 14.7 Å². The highest BCUT2D eigenvalue weighted by molar-refractivity contribution is 5.94. The average molecular weight is 433 g/mol. The third-order valence-electron chi connectivity index (χ3n) is 5.86. The normalized spacial score (nSPS) is 14.3. The topological polar surface area (TPSA) is 48.5 Å². The molecule has 0 spiro atoms. The van der Waals surface area contributed by atoms with E-state index >= 15 is 0 Å². The number of carbonyl (C=O) groups excluding carboxylic acids is 1. The van der Waals surface area contributed by atoms with Crippen LogP contribution in [0.4, 0.5) is 10.1 Å². The summed E-state index contributed by atoms with van der Waals surface area (Å²) in [6.07, 6.45) is 3.73. The number of rotatable bonds is 8. The first-order valence-corrected chi connectivity index (χ1v) is 11.2. The Hall–Kier alpha value is -3.25. The molecule has 166 valence electrons. The lowest BCUT2D eigenvalue weighted by molar-refractivity contribution is 0.0952. The molecule has 1 amide bonds. The van der Waals surface area contributed by atoms with Gasteiger partial charge in [0.25, 0.3) is 5.91 Å². The number of benzene rings is 2. The first-order valence-electron chi connectivity index (χ1n) is 11.2. The van der Waals surface area contributed by atoms with Crippen molar-refractivity contribution in [2.24, 2.45) is 0 Å². The highest BCUT2D eigenvalue weighted by Gasteiger charge is 2.18. The van der Waals surface area contributed by atoms with E-state index < -0.39 is 0 Å². The van der Waals surface area contributed by atoms with Crippen molar-refractivity contribution in [3.63, 3.8) is 0 Å². The second-order valence-corrected chi connectivity index (χ2v) is 8.04. The van der Waals surface area contributed by atoms with Crippen LogP contribution < -0.4 is 10.2 Å². The summed E-state index contributed by atoms with van der Waals surface area (Å²) < 4.78 is 14.0. The molecule has 0 atom stereocenters. The first-order chi connectivity index (χ1) is 15.7. The number of piperazine rings is 1. The Bertz CT molecular complexity index is 1000. The molecule has 5 nitrogen and oxygen atoms in total. The van der Waals surface area contributed by atoms with Gasteiger partial charge in [-0.05, 0) is 55.8 Å². The van der Waals surface area contributed by atoms with Crippen LogP contribution >= 0.6 is 0 Å². The number of nitrogens with one attached hydrogen (secondary N) is 1. The fourth-order valence-corrected chi connectivity index (χ4v) is 4.01. The van der Waals surface area contributed by atoms with Gasteiger partial charge < -0.3 is 10.2 Å². The van der Waals surface area contributed by atoms with Gasteiger partial charge in [-0.1, -0.05) is 30.3 Å². The number of hydrogen-bond acceptors (Lipinski definition) is 4. The Labute approximate surface area is 188 Å². The SMILES string of the molecule is O=C(NCCCCN1CCN(c2ccccc2F)CC1)c1ccc(-c2ccccn2)cc1. The van der Waals surface area contributed by atoms with Gasteiger partial charge in [-0.25, -0.2) is 4.39 Å². The minimum atomic E-state index is -0.150. The van der Waals surface area contributed by atoms with Crippen LogP contribution in [-0.4, -0.2) is 55.1 Å². The van der Waals surface area contributed by atoms with E-state index in [-0.39, 0.29) is 11.7 Å². The summed E-state index contributed by atoms with van der Waals surface area (Å²) in [6, 6.07) is 20.3. The van der Waals surface area contributed by atoms with Crippen LogP contribution in [0.5, 0.6) is 0 Å². The molecule has 0 unspecified atom stereocenters. The lowest BCUT2D eigenvalue weighted by atomic mass is 10.1. The monoisotopic (exact) mass is 432 g/mol. The fraction of sp³-hybridized carbons (Fsp3) is 0.308. The summed E-state index contributed by atoms with van der Waals surface area (Å²) in [6.45, 7) is 5.21. The minimum Gasteiger partial charge on any atom is -0.367 e. The van der Waals surface area contributed by atoms with Crippen LogP contribution in [0.2, 0.25) is 0 Å². The maximum absolute atomic E-state index is 14.0. The number of nitrogens with zero attached hydrogens (tertiary/aromatic N) is 3. The number of unbranched alkanes of at least 4 members (excludes halogenated alkanes) is 1. The zero-order valence-corrected chi connectivity index (χ0v) is 18.2. The number of anilines is 1. The maximum atomic E-state index is 14.0. The van der Waals surface area contributed by atoms with Crippen molar-refractivity contribution in [2.45, 2.75) is 12.8 Å². The van der Waals surface area contributed by atoms with Crippen molar-refractivity contribution in [3.8, 4) is 11.3 Å². The summed E-state index contributed by atoms with van der Waals surface area (Å²) >= 11 is 0. The Morgan fingerprint density at radius 1 is 0.906 bits per heavy atom. The number of carbonyl (C=O) groups is 1. The highest BCUT2D eigenvalue weighted by atomic mass is 19.1. The molecule has 4 rings (SSSR count). The van der Waals surface area contributed by atoms with Crippen LogP contribution in [0.1, 0.15) is 23.2 Å². The van der Waals surface area contributed by atoms with Crippen molar-refractivity contribution in [2.75, 3.05) is 44.2 Å². The summed E-state index contributed by atoms with van der Waals surface area (Å²) in [5.74, 6) is -0.195. The second kappa shape index (κ2) is 10.9. The van der Waals surface area contributed by atoms with E-state index in [4.69, 9.17) is 0 Å². The number of pyridine rings is 1. The van der Waals surface area contributed by atoms with Gasteiger partial charge in [0.05, 0.1) is 11.4 Å². The highest BCUT2D eigenvalue weighted by Crippen LogP contribution is 2.20. The number of para-hydroxylation sites is 1. The molecule has 1 aliphatic heterocycles. The van der Waals surface area contributed by atoms with Crippen LogP contribution in [0.25, 0.3) is 11.3 Å². The van der Waals surface area contributed by atoms with E-state index in [1.807, 2.05) is 54.6 Å². The van der Waals surface area contributed by atoms with Gasteiger partial charge in [0.2, 0.25) is 0 Å². The molecule has 2 aromatic carbocycles. The van der Waals surface area contributed by atoms with Crippen LogP contribution in [0.3, 0.4) is 0 Å². The van der Waals surface area contributed by atoms with E-state index in [0.29, 0.717) is 17.8 Å². The molecular formula is C26H29FN4O. The molecule has 1 N–H and O–H groups in total. The summed E-state index contributed by atoms with van der Waals surface area (Å²) in [5, 5.41) is 3.01. The van der Waals surface area contributed by atoms with Gasteiger partial charge >= 0.3 is 0 Å². The summed E-state index contributed by atoms with van der Waals surface area (Å²) in [7, 11) is 0. The molecule has 0 saturated carbocycles. The van der Waals surface area contributed by atoms with E-state index in [2.05, 4.69) is 20.1 Å². The van der Waals surface area contributed by atoms with Gasteiger partial charge in [0, 0.05) is 50.0 Å². The number of halogens is 1. The summed E-state index contributed by atoms with van der Waals surface area (Å²) in [4.78, 5) is 21.2. The molecule has 3 aromatic rings. The zero-order chi connectivity index (χ0) is 22.2. The number of amides is 1. The smallest absolute Gasteiger partial charge is 0.251 e. The van der Waals surface area contributed by atoms with Crippen molar-refractivity contribution < 1.29 is 9.18 Å². The predicted octanol–water partition coefficient (Wildman–Crippen LogP) is 4.22. The number of aromatic nitrogens is 1. The zero-order valence-electron chi connectivity index (χ0n) is 18.2. The largest absolute Gasteiger partial charge is 0.367 e. The van der Waals surface area contributed by atoms with Crippen molar-refractivity contribution in [1.82, 2.24) is 15.2 Å². The van der Waals surface area contributed by atoms with Gasteiger partial charge in [-0.15, -0.1) is 0 Å². The van der Waals surface area contributed by atoms with Crippen molar-refractivity contribution >= 4 is 11.6 Å². The lowest BCUT2D eigenvalue weighted by Crippen LogP contribution is -2.47. The van der Waals surface area contributed by atoms with Crippen molar-refractivity contribution in [3.05, 3.63) is 84.3 Å². The first kappa shape index (κ1) is 22.0.